The van der Waals surface area contributed by atoms with Crippen molar-refractivity contribution in [2.45, 2.75) is 24.5 Å². The molecule has 120 valence electrons. The van der Waals surface area contributed by atoms with Gasteiger partial charge in [-0.15, -0.1) is 0 Å². The lowest BCUT2D eigenvalue weighted by atomic mass is 9.87. The van der Waals surface area contributed by atoms with Crippen LogP contribution < -0.4 is 5.73 Å². The molecule has 1 heterocycles. The van der Waals surface area contributed by atoms with Crippen LogP contribution in [0.1, 0.15) is 35.6 Å². The Hall–Kier alpha value is -2.26. The average molecular weight is 332 g/mol. The van der Waals surface area contributed by atoms with Gasteiger partial charge in [-0.05, 0) is 47.6 Å². The minimum atomic E-state index is 0.290. The highest BCUT2D eigenvalue weighted by Crippen LogP contribution is 2.47. The highest BCUT2D eigenvalue weighted by molar-refractivity contribution is 8.14. The van der Waals surface area contributed by atoms with E-state index in [-0.39, 0.29) is 5.25 Å². The van der Waals surface area contributed by atoms with E-state index in [1.165, 1.54) is 28.7 Å². The van der Waals surface area contributed by atoms with Crippen LogP contribution in [0.4, 0.5) is 0 Å². The van der Waals surface area contributed by atoms with Gasteiger partial charge in [-0.2, -0.15) is 0 Å². The maximum absolute atomic E-state index is 6.18. The van der Waals surface area contributed by atoms with Crippen molar-refractivity contribution >= 4 is 23.0 Å². The molecule has 4 rings (SSSR count). The van der Waals surface area contributed by atoms with Crippen molar-refractivity contribution in [3.63, 3.8) is 0 Å². The van der Waals surface area contributed by atoms with Gasteiger partial charge in [-0.3, -0.25) is 0 Å². The Labute approximate surface area is 147 Å². The number of thioether (sulfide) groups is 1. The number of nitrogens with two attached hydrogens (primary N) is 1. The summed E-state index contributed by atoms with van der Waals surface area (Å²) in [6.07, 6.45) is 5.61. The minimum Gasteiger partial charge on any atom is -0.378 e. The normalized spacial score (nSPS) is 22.2. The molecule has 0 spiro atoms. The summed E-state index contributed by atoms with van der Waals surface area (Å²) in [5.74, 6) is 0. The number of allylic oxidation sites excluding steroid dienone is 1. The molecule has 2 aromatic rings. The Kier molecular flexibility index (Phi) is 4.26. The number of benzene rings is 2. The molecule has 0 aromatic heterocycles. The summed E-state index contributed by atoms with van der Waals surface area (Å²) in [5.41, 5.74) is 12.6. The molecule has 0 fully saturated rings. The molecule has 2 aliphatic rings. The molecule has 3 heteroatoms. The van der Waals surface area contributed by atoms with E-state index in [1.54, 1.807) is 11.8 Å². The van der Waals surface area contributed by atoms with Crippen molar-refractivity contribution in [2.75, 3.05) is 0 Å². The Morgan fingerprint density at radius 2 is 1.67 bits per heavy atom. The van der Waals surface area contributed by atoms with Crippen LogP contribution in [-0.2, 0) is 0 Å². The van der Waals surface area contributed by atoms with Gasteiger partial charge >= 0.3 is 0 Å². The van der Waals surface area contributed by atoms with Crippen molar-refractivity contribution in [1.29, 1.82) is 0 Å². The molecule has 24 heavy (non-hydrogen) atoms. The van der Waals surface area contributed by atoms with E-state index in [2.05, 4.69) is 60.7 Å². The van der Waals surface area contributed by atoms with Crippen molar-refractivity contribution in [1.82, 2.24) is 0 Å². The molecule has 2 N–H and O–H groups in total. The SMILES string of the molecule is NC1=NC2=C(CCC/C2=C/c2ccccc2)[C@H](c2ccccc2)S1. The maximum Gasteiger partial charge on any atom is 0.160 e. The second-order valence-corrected chi connectivity index (χ2v) is 7.29. The molecule has 0 saturated heterocycles. The smallest absolute Gasteiger partial charge is 0.160 e. The van der Waals surface area contributed by atoms with Crippen LogP contribution in [0.15, 0.2) is 82.5 Å². The van der Waals surface area contributed by atoms with Crippen molar-refractivity contribution in [3.8, 4) is 0 Å². The van der Waals surface area contributed by atoms with Gasteiger partial charge in [0.15, 0.2) is 5.17 Å². The lowest BCUT2D eigenvalue weighted by Crippen LogP contribution is -2.19. The third kappa shape index (κ3) is 3.04. The first-order valence-corrected chi connectivity index (χ1v) is 9.24. The molecule has 1 aliphatic heterocycles. The van der Waals surface area contributed by atoms with Gasteiger partial charge in [0.2, 0.25) is 0 Å². The van der Waals surface area contributed by atoms with Gasteiger partial charge in [0, 0.05) is 0 Å². The number of hydrogen-bond donors (Lipinski definition) is 1. The van der Waals surface area contributed by atoms with Gasteiger partial charge in [0.25, 0.3) is 0 Å². The van der Waals surface area contributed by atoms with Crippen LogP contribution >= 0.6 is 11.8 Å². The van der Waals surface area contributed by atoms with Crippen molar-refractivity contribution < 1.29 is 0 Å². The lowest BCUT2D eigenvalue weighted by Gasteiger charge is -2.30. The molecular weight excluding hydrogens is 312 g/mol. The second kappa shape index (κ2) is 6.70. The van der Waals surface area contributed by atoms with Crippen LogP contribution in [-0.4, -0.2) is 5.17 Å². The summed E-state index contributed by atoms with van der Waals surface area (Å²) >= 11 is 1.68. The third-order valence-corrected chi connectivity index (χ3v) is 5.65. The number of nitrogens with zero attached hydrogens (tertiary/aromatic N) is 1. The number of aliphatic imine (C=N–C) groups is 1. The number of amidine groups is 1. The monoisotopic (exact) mass is 332 g/mol. The fourth-order valence-electron chi connectivity index (χ4n) is 3.43. The Bertz CT molecular complexity index is 819. The highest BCUT2D eigenvalue weighted by atomic mass is 32.2. The van der Waals surface area contributed by atoms with Crippen LogP contribution in [0.5, 0.6) is 0 Å². The topological polar surface area (TPSA) is 38.4 Å². The van der Waals surface area contributed by atoms with E-state index >= 15 is 0 Å². The predicted molar refractivity (Wildman–Crippen MR) is 104 cm³/mol. The van der Waals surface area contributed by atoms with Gasteiger partial charge in [-0.25, -0.2) is 4.99 Å². The van der Waals surface area contributed by atoms with Crippen LogP contribution in [0.3, 0.4) is 0 Å². The number of hydrogen-bond acceptors (Lipinski definition) is 3. The average Bonchev–Trinajstić information content (AvgIpc) is 2.63. The lowest BCUT2D eigenvalue weighted by molar-refractivity contribution is 0.736. The van der Waals surface area contributed by atoms with Gasteiger partial charge in [0.1, 0.15) is 0 Å². The molecule has 2 nitrogen and oxygen atoms in total. The van der Waals surface area contributed by atoms with E-state index in [0.29, 0.717) is 5.17 Å². The van der Waals surface area contributed by atoms with Crippen molar-refractivity contribution in [3.05, 3.63) is 88.6 Å². The quantitative estimate of drug-likeness (QED) is 0.809. The summed E-state index contributed by atoms with van der Waals surface area (Å²) in [4.78, 5) is 4.73. The molecule has 2 aromatic carbocycles. The van der Waals surface area contributed by atoms with Crippen molar-refractivity contribution in [2.24, 2.45) is 10.7 Å². The maximum atomic E-state index is 6.18. The Morgan fingerprint density at radius 3 is 2.42 bits per heavy atom. The highest BCUT2D eigenvalue weighted by Gasteiger charge is 2.30. The summed E-state index contributed by atoms with van der Waals surface area (Å²) in [6.45, 7) is 0. The molecule has 0 bridgehead atoms. The second-order valence-electron chi connectivity index (χ2n) is 6.17. The summed E-state index contributed by atoms with van der Waals surface area (Å²) in [6, 6.07) is 21.1. The van der Waals surface area contributed by atoms with E-state index in [4.69, 9.17) is 10.7 Å². The molecule has 1 aliphatic carbocycles. The summed E-state index contributed by atoms with van der Waals surface area (Å²) in [7, 11) is 0. The Balaban J connectivity index is 1.79. The molecule has 0 radical (unpaired) electrons. The van der Waals surface area contributed by atoms with Crippen LogP contribution in [0.2, 0.25) is 0 Å². The fourth-order valence-corrected chi connectivity index (χ4v) is 4.48. The van der Waals surface area contributed by atoms with Gasteiger partial charge < -0.3 is 5.73 Å². The first-order valence-electron chi connectivity index (χ1n) is 8.36. The van der Waals surface area contributed by atoms with E-state index < -0.39 is 0 Å². The predicted octanol–water partition coefficient (Wildman–Crippen LogP) is 5.31. The zero-order chi connectivity index (χ0) is 16.4. The first kappa shape index (κ1) is 15.3. The third-order valence-electron chi connectivity index (χ3n) is 4.52. The van der Waals surface area contributed by atoms with Crippen LogP contribution in [0.25, 0.3) is 6.08 Å². The Morgan fingerprint density at radius 1 is 0.958 bits per heavy atom. The molecule has 1 atom stereocenters. The summed E-state index contributed by atoms with van der Waals surface area (Å²) < 4.78 is 0. The standard InChI is InChI=1S/C21H20N2S/c22-21-23-19-17(14-15-8-3-1-4-9-15)12-7-13-18(19)20(24-21)16-10-5-2-6-11-16/h1-6,8-11,14,20H,7,12-13H2,(H2,22,23)/b17-14-/t20-/m0/s1. The number of rotatable bonds is 2. The van der Waals surface area contributed by atoms with E-state index in [0.717, 1.165) is 18.5 Å². The molecule has 0 saturated carbocycles. The van der Waals surface area contributed by atoms with Gasteiger partial charge in [-0.1, -0.05) is 72.4 Å². The molecular formula is C21H20N2S. The minimum absolute atomic E-state index is 0.290. The zero-order valence-electron chi connectivity index (χ0n) is 13.5. The summed E-state index contributed by atoms with van der Waals surface area (Å²) in [5, 5.41) is 0.960. The van der Waals surface area contributed by atoms with E-state index in [1.807, 2.05) is 6.07 Å². The van der Waals surface area contributed by atoms with Crippen LogP contribution in [0, 0.1) is 0 Å². The van der Waals surface area contributed by atoms with Gasteiger partial charge in [0.05, 0.1) is 10.9 Å². The molecule has 0 unspecified atom stereocenters. The fraction of sp³-hybridized carbons (Fsp3) is 0.190. The largest absolute Gasteiger partial charge is 0.378 e. The molecule has 0 amide bonds. The van der Waals surface area contributed by atoms with E-state index in [9.17, 15) is 0 Å². The first-order chi connectivity index (χ1) is 11.8. The zero-order valence-corrected chi connectivity index (χ0v) is 14.3.